The summed E-state index contributed by atoms with van der Waals surface area (Å²) in [6, 6.07) is 0. The number of thioether (sulfide) groups is 1. The van der Waals surface area contributed by atoms with E-state index in [1.54, 1.807) is 11.8 Å². The molecule has 2 rings (SSSR count). The minimum absolute atomic E-state index is 0.0866. The maximum Gasteiger partial charge on any atom is 0.225 e. The van der Waals surface area contributed by atoms with Crippen LogP contribution in [0.4, 0.5) is 0 Å². The largest absolute Gasteiger partial charge is 0.397 e. The first-order chi connectivity index (χ1) is 13.1. The molecule has 1 spiro atoms. The summed E-state index contributed by atoms with van der Waals surface area (Å²) in [5.74, 6) is 0. The summed E-state index contributed by atoms with van der Waals surface area (Å²) in [5.41, 5.74) is -0.292. The fraction of sp³-hybridized carbons (Fsp3) is 0.917. The van der Waals surface area contributed by atoms with E-state index < -0.39 is 13.4 Å². The maximum atomic E-state index is 7.08. The third-order valence-electron chi connectivity index (χ3n) is 6.38. The van der Waals surface area contributed by atoms with Crippen LogP contribution in [0.15, 0.2) is 11.6 Å². The van der Waals surface area contributed by atoms with E-state index in [0.29, 0.717) is 0 Å². The summed E-state index contributed by atoms with van der Waals surface area (Å²) in [4.78, 5) is 2.33. The normalized spacial score (nSPS) is 29.9. The Morgan fingerprint density at radius 3 is 1.87 bits per heavy atom. The van der Waals surface area contributed by atoms with Crippen LogP contribution in [0, 0.1) is 16.2 Å². The van der Waals surface area contributed by atoms with Crippen molar-refractivity contribution >= 4 is 20.1 Å². The minimum Gasteiger partial charge on any atom is -0.397 e. The van der Waals surface area contributed by atoms with Gasteiger partial charge in [0.25, 0.3) is 0 Å². The summed E-state index contributed by atoms with van der Waals surface area (Å²) < 4.78 is 20.6. The van der Waals surface area contributed by atoms with Gasteiger partial charge in [-0.2, -0.15) is 0 Å². The van der Waals surface area contributed by atoms with Gasteiger partial charge in [-0.15, -0.1) is 0 Å². The predicted molar refractivity (Wildman–Crippen MR) is 131 cm³/mol. The molecule has 0 amide bonds. The second kappa shape index (κ2) is 7.79. The summed E-state index contributed by atoms with van der Waals surface area (Å²) in [6.45, 7) is 31.6. The Morgan fingerprint density at radius 2 is 1.47 bits per heavy atom. The summed E-state index contributed by atoms with van der Waals surface area (Å²) >= 11 is 1.73. The van der Waals surface area contributed by atoms with Crippen LogP contribution in [-0.4, -0.2) is 36.9 Å². The monoisotopic (exact) mass is 457 g/mol. The Kier molecular flexibility index (Phi) is 6.81. The second-order valence-corrected chi connectivity index (χ2v) is 19.6. The van der Waals surface area contributed by atoms with Gasteiger partial charge in [0, 0.05) is 17.0 Å². The molecule has 2 heterocycles. The SMILES string of the molecule is CC(C)(C)C1OC(C(C)(C)C)C2(O1)SC=CN2C(O[Si](C)(C)C(C)(C)C)C(C)(C)C. The summed E-state index contributed by atoms with van der Waals surface area (Å²) in [5, 5.41) is 1.65. The second-order valence-electron chi connectivity index (χ2n) is 13.7. The quantitative estimate of drug-likeness (QED) is 0.412. The van der Waals surface area contributed by atoms with Crippen molar-refractivity contribution in [3.63, 3.8) is 0 Å². The van der Waals surface area contributed by atoms with Crippen LogP contribution >= 0.6 is 11.8 Å². The van der Waals surface area contributed by atoms with Gasteiger partial charge in [-0.1, -0.05) is 94.8 Å². The molecule has 4 unspecified atom stereocenters. The van der Waals surface area contributed by atoms with Gasteiger partial charge in [0.15, 0.2) is 14.6 Å². The highest BCUT2D eigenvalue weighted by atomic mass is 32.2. The topological polar surface area (TPSA) is 30.9 Å². The smallest absolute Gasteiger partial charge is 0.225 e. The van der Waals surface area contributed by atoms with Gasteiger partial charge in [-0.05, 0) is 29.0 Å². The molecule has 1 saturated heterocycles. The lowest BCUT2D eigenvalue weighted by Crippen LogP contribution is -2.62. The van der Waals surface area contributed by atoms with E-state index >= 15 is 0 Å². The molecule has 2 aliphatic heterocycles. The van der Waals surface area contributed by atoms with E-state index in [4.69, 9.17) is 13.9 Å². The standard InChI is InChI=1S/C24H47NO3SSi/c1-20(2,3)17-24(27-19(26-17)22(7,8)9)25(15-16-29-24)18(21(4,5)6)28-30(13,14)23(10,11)12/h15-19H,1-14H3. The number of nitrogens with zero attached hydrogens (tertiary/aromatic N) is 1. The van der Waals surface area contributed by atoms with Crippen LogP contribution < -0.4 is 0 Å². The number of hydrogen-bond donors (Lipinski definition) is 0. The number of hydrogen-bond acceptors (Lipinski definition) is 5. The van der Waals surface area contributed by atoms with Crippen LogP contribution in [0.5, 0.6) is 0 Å². The van der Waals surface area contributed by atoms with Gasteiger partial charge >= 0.3 is 0 Å². The highest BCUT2D eigenvalue weighted by molar-refractivity contribution is 8.03. The molecule has 0 saturated carbocycles. The molecule has 176 valence electrons. The van der Waals surface area contributed by atoms with Crippen LogP contribution in [0.2, 0.25) is 18.1 Å². The number of rotatable bonds is 3. The van der Waals surface area contributed by atoms with E-state index in [9.17, 15) is 0 Å². The lowest BCUT2D eigenvalue weighted by molar-refractivity contribution is -0.177. The molecule has 2 aliphatic rings. The maximum absolute atomic E-state index is 7.08. The van der Waals surface area contributed by atoms with Crippen LogP contribution in [-0.2, 0) is 13.9 Å². The van der Waals surface area contributed by atoms with E-state index in [1.807, 2.05) is 0 Å². The van der Waals surface area contributed by atoms with Crippen molar-refractivity contribution in [1.82, 2.24) is 4.90 Å². The molecule has 0 radical (unpaired) electrons. The third kappa shape index (κ3) is 4.98. The first-order valence-corrected chi connectivity index (χ1v) is 15.1. The van der Waals surface area contributed by atoms with E-state index in [0.717, 1.165) is 0 Å². The van der Waals surface area contributed by atoms with Crippen molar-refractivity contribution < 1.29 is 13.9 Å². The molecule has 1 fully saturated rings. The van der Waals surface area contributed by atoms with Crippen molar-refractivity contribution in [3.8, 4) is 0 Å². The van der Waals surface area contributed by atoms with Crippen molar-refractivity contribution in [3.05, 3.63) is 11.6 Å². The first kappa shape index (κ1) is 26.2. The average Bonchev–Trinajstić information content (AvgIpc) is 3.07. The lowest BCUT2D eigenvalue weighted by Gasteiger charge is -2.52. The van der Waals surface area contributed by atoms with E-state index in [2.05, 4.69) is 113 Å². The lowest BCUT2D eigenvalue weighted by atomic mass is 9.86. The van der Waals surface area contributed by atoms with Gasteiger partial charge < -0.3 is 18.8 Å². The molecule has 30 heavy (non-hydrogen) atoms. The molecule has 0 aromatic heterocycles. The Hall–Kier alpha value is -0.0131. The highest BCUT2D eigenvalue weighted by Crippen LogP contribution is 2.56. The van der Waals surface area contributed by atoms with Gasteiger partial charge in [0.1, 0.15) is 12.3 Å². The van der Waals surface area contributed by atoms with Gasteiger partial charge in [0.2, 0.25) is 5.06 Å². The summed E-state index contributed by atoms with van der Waals surface area (Å²) in [7, 11) is -2.02. The molecular weight excluding hydrogens is 410 g/mol. The third-order valence-corrected chi connectivity index (χ3v) is 11.9. The molecule has 0 bridgehead atoms. The van der Waals surface area contributed by atoms with E-state index in [1.165, 1.54) is 0 Å². The van der Waals surface area contributed by atoms with Gasteiger partial charge in [0.05, 0.1) is 0 Å². The molecule has 4 atom stereocenters. The van der Waals surface area contributed by atoms with Crippen molar-refractivity contribution in [2.24, 2.45) is 16.2 Å². The fourth-order valence-electron chi connectivity index (χ4n) is 3.58. The Bertz CT molecular complexity index is 651. The fourth-order valence-corrected chi connectivity index (χ4v) is 6.30. The molecule has 6 heteroatoms. The molecule has 4 nitrogen and oxygen atoms in total. The Balaban J connectivity index is 2.54. The van der Waals surface area contributed by atoms with Crippen LogP contribution in [0.1, 0.15) is 83.1 Å². The molecule has 0 aromatic carbocycles. The van der Waals surface area contributed by atoms with Gasteiger partial charge in [-0.25, -0.2) is 0 Å². The number of ether oxygens (including phenoxy) is 2. The zero-order valence-corrected chi connectivity index (χ0v) is 23.8. The minimum atomic E-state index is -2.02. The van der Waals surface area contributed by atoms with Crippen LogP contribution in [0.25, 0.3) is 0 Å². The van der Waals surface area contributed by atoms with Gasteiger partial charge in [-0.3, -0.25) is 0 Å². The van der Waals surface area contributed by atoms with E-state index in [-0.39, 0.29) is 39.9 Å². The molecular formula is C24H47NO3SSi. The van der Waals surface area contributed by atoms with Crippen molar-refractivity contribution in [2.75, 3.05) is 0 Å². The average molecular weight is 458 g/mol. The predicted octanol–water partition coefficient (Wildman–Crippen LogP) is 7.39. The zero-order valence-electron chi connectivity index (χ0n) is 22.0. The molecule has 0 N–H and O–H groups in total. The highest BCUT2D eigenvalue weighted by Gasteiger charge is 2.63. The Morgan fingerprint density at radius 1 is 0.933 bits per heavy atom. The van der Waals surface area contributed by atoms with Crippen LogP contribution in [0.3, 0.4) is 0 Å². The zero-order chi connectivity index (χ0) is 23.6. The first-order valence-electron chi connectivity index (χ1n) is 11.3. The van der Waals surface area contributed by atoms with Crippen molar-refractivity contribution in [2.45, 2.75) is 125 Å². The Labute approximate surface area is 191 Å². The molecule has 0 aliphatic carbocycles. The van der Waals surface area contributed by atoms with Crippen molar-refractivity contribution in [1.29, 1.82) is 0 Å². The molecule has 0 aromatic rings. The summed E-state index contributed by atoms with van der Waals surface area (Å²) in [6.07, 6.45) is 1.69.